The largest absolute Gasteiger partial charge is 0.0701 e. The number of benzene rings is 4. The van der Waals surface area contributed by atoms with Crippen LogP contribution in [0.25, 0.3) is 0 Å². The van der Waals surface area contributed by atoms with Crippen molar-refractivity contribution in [3.05, 3.63) is 142 Å². The van der Waals surface area contributed by atoms with Crippen LogP contribution in [0.5, 0.6) is 0 Å². The van der Waals surface area contributed by atoms with Crippen LogP contribution in [-0.2, 0) is 5.41 Å². The molecule has 0 aliphatic carbocycles. The highest BCUT2D eigenvalue weighted by molar-refractivity contribution is 5.61. The molecule has 0 spiro atoms. The molecular weight excluding hydrogens is 540 g/mol. The molecular formula is C45H68. The maximum Gasteiger partial charge on any atom is 0.0701 e. The number of hydrogen-bond donors (Lipinski definition) is 0. The molecule has 4 aromatic carbocycles. The molecule has 248 valence electrons. The first-order valence-electron chi connectivity index (χ1n) is 18.1. The summed E-state index contributed by atoms with van der Waals surface area (Å²) in [5.74, 6) is 2.02. The van der Waals surface area contributed by atoms with Gasteiger partial charge in [-0.15, -0.1) is 0 Å². The third-order valence-electron chi connectivity index (χ3n) is 8.04. The van der Waals surface area contributed by atoms with E-state index in [9.17, 15) is 0 Å². The van der Waals surface area contributed by atoms with E-state index in [1.807, 2.05) is 55.4 Å². The third kappa shape index (κ3) is 10.5. The van der Waals surface area contributed by atoms with E-state index in [-0.39, 0.29) is 0 Å². The van der Waals surface area contributed by atoms with Gasteiger partial charge >= 0.3 is 0 Å². The zero-order valence-corrected chi connectivity index (χ0v) is 32.0. The van der Waals surface area contributed by atoms with Crippen LogP contribution in [-0.4, -0.2) is 0 Å². The minimum Gasteiger partial charge on any atom is -0.0683 e. The molecule has 0 saturated heterocycles. The van der Waals surface area contributed by atoms with E-state index >= 15 is 0 Å². The van der Waals surface area contributed by atoms with Gasteiger partial charge in [0.15, 0.2) is 0 Å². The Kier molecular flexibility index (Phi) is 20.1. The summed E-state index contributed by atoms with van der Waals surface area (Å²) in [6.07, 6.45) is 0. The Morgan fingerprint density at radius 2 is 0.400 bits per heavy atom. The molecule has 4 aromatic rings. The van der Waals surface area contributed by atoms with Gasteiger partial charge in [-0.25, -0.2) is 0 Å². The summed E-state index contributed by atoms with van der Waals surface area (Å²) in [7, 11) is 0. The van der Waals surface area contributed by atoms with Crippen molar-refractivity contribution in [2.24, 2.45) is 0 Å². The van der Waals surface area contributed by atoms with E-state index in [1.165, 1.54) is 44.5 Å². The molecule has 0 atom stereocenters. The first kappa shape index (κ1) is 41.9. The topological polar surface area (TPSA) is 0 Å². The van der Waals surface area contributed by atoms with Gasteiger partial charge in [0, 0.05) is 0 Å². The highest BCUT2D eigenvalue weighted by Crippen LogP contribution is 2.46. The maximum atomic E-state index is 2.36. The summed E-state index contributed by atoms with van der Waals surface area (Å²) in [6, 6.07) is 37.4. The fourth-order valence-electron chi connectivity index (χ4n) is 5.47. The molecule has 0 amide bonds. The van der Waals surface area contributed by atoms with Crippen molar-refractivity contribution >= 4 is 0 Å². The van der Waals surface area contributed by atoms with Gasteiger partial charge in [0.25, 0.3) is 0 Å². The SMILES string of the molecule is CC.CC.CC.CC.CC(C)c1ccc(C(c2ccc(C(C)C)cc2)(c2ccc(C(C)C)cc2)c2ccc(C(C)C)cc2)cc1. The molecule has 0 heteroatoms. The summed E-state index contributed by atoms with van der Waals surface area (Å²) in [6.45, 7) is 34.1. The van der Waals surface area contributed by atoms with Gasteiger partial charge in [0.1, 0.15) is 0 Å². The summed E-state index contributed by atoms with van der Waals surface area (Å²) in [5, 5.41) is 0. The minimum absolute atomic E-state index is 0.407. The van der Waals surface area contributed by atoms with Crippen LogP contribution < -0.4 is 0 Å². The summed E-state index contributed by atoms with van der Waals surface area (Å²) in [4.78, 5) is 0. The van der Waals surface area contributed by atoms with Gasteiger partial charge < -0.3 is 0 Å². The van der Waals surface area contributed by atoms with E-state index in [0.717, 1.165) is 0 Å². The summed E-state index contributed by atoms with van der Waals surface area (Å²) < 4.78 is 0. The fraction of sp³-hybridized carbons (Fsp3) is 0.467. The Morgan fingerprint density at radius 3 is 0.511 bits per heavy atom. The van der Waals surface area contributed by atoms with Gasteiger partial charge in [-0.1, -0.05) is 208 Å². The fourth-order valence-corrected chi connectivity index (χ4v) is 5.47. The molecule has 0 unspecified atom stereocenters. The average Bonchev–Trinajstić information content (AvgIpc) is 3.09. The van der Waals surface area contributed by atoms with Crippen LogP contribution in [0.1, 0.15) is 179 Å². The van der Waals surface area contributed by atoms with Crippen LogP contribution in [0.15, 0.2) is 97.1 Å². The molecule has 0 heterocycles. The van der Waals surface area contributed by atoms with Crippen molar-refractivity contribution in [1.29, 1.82) is 0 Å². The Morgan fingerprint density at radius 1 is 0.267 bits per heavy atom. The van der Waals surface area contributed by atoms with Crippen LogP contribution >= 0.6 is 0 Å². The zero-order valence-electron chi connectivity index (χ0n) is 32.0. The normalized spacial score (nSPS) is 10.6. The Hall–Kier alpha value is -3.12. The highest BCUT2D eigenvalue weighted by atomic mass is 14.4. The van der Waals surface area contributed by atoms with Crippen molar-refractivity contribution in [3.8, 4) is 0 Å². The number of rotatable bonds is 8. The van der Waals surface area contributed by atoms with Crippen molar-refractivity contribution < 1.29 is 0 Å². The van der Waals surface area contributed by atoms with E-state index in [0.29, 0.717) is 23.7 Å². The van der Waals surface area contributed by atoms with Gasteiger partial charge in [-0.05, 0) is 68.2 Å². The van der Waals surface area contributed by atoms with Crippen molar-refractivity contribution in [2.75, 3.05) is 0 Å². The Bertz CT molecular complexity index is 1060. The molecule has 0 fully saturated rings. The second-order valence-corrected chi connectivity index (χ2v) is 11.9. The van der Waals surface area contributed by atoms with E-state index in [1.54, 1.807) is 0 Å². The summed E-state index contributed by atoms with van der Waals surface area (Å²) >= 11 is 0. The lowest BCUT2D eigenvalue weighted by molar-refractivity contribution is 0.736. The second-order valence-electron chi connectivity index (χ2n) is 11.9. The van der Waals surface area contributed by atoms with E-state index in [2.05, 4.69) is 152 Å². The number of hydrogen-bond acceptors (Lipinski definition) is 0. The Labute approximate surface area is 280 Å². The van der Waals surface area contributed by atoms with Crippen molar-refractivity contribution in [2.45, 2.75) is 140 Å². The van der Waals surface area contributed by atoms with Crippen LogP contribution in [0.4, 0.5) is 0 Å². The van der Waals surface area contributed by atoms with Gasteiger partial charge in [0.2, 0.25) is 0 Å². The van der Waals surface area contributed by atoms with Crippen molar-refractivity contribution in [1.82, 2.24) is 0 Å². The lowest BCUT2D eigenvalue weighted by atomic mass is 9.64. The standard InChI is InChI=1S/C37H44.4C2H6/c1-25(2)29-9-17-33(18-10-29)37(34-19-11-30(12-20-34)26(3)4,35-21-13-31(14-22-35)27(5)6)36-23-15-32(16-24-36)28(7)8;4*1-2/h9-28H,1-8H3;4*1-2H3. The van der Waals surface area contributed by atoms with Crippen LogP contribution in [0.2, 0.25) is 0 Å². The quantitative estimate of drug-likeness (QED) is 0.175. The maximum absolute atomic E-state index is 2.36. The van der Waals surface area contributed by atoms with Crippen molar-refractivity contribution in [3.63, 3.8) is 0 Å². The van der Waals surface area contributed by atoms with E-state index < -0.39 is 5.41 Å². The van der Waals surface area contributed by atoms with Gasteiger partial charge in [0.05, 0.1) is 5.41 Å². The predicted molar refractivity (Wildman–Crippen MR) is 206 cm³/mol. The van der Waals surface area contributed by atoms with Gasteiger partial charge in [-0.2, -0.15) is 0 Å². The molecule has 0 aliphatic rings. The highest BCUT2D eigenvalue weighted by Gasteiger charge is 2.38. The third-order valence-corrected chi connectivity index (χ3v) is 8.04. The second kappa shape index (κ2) is 21.6. The molecule has 0 N–H and O–H groups in total. The molecule has 0 bridgehead atoms. The first-order valence-corrected chi connectivity index (χ1v) is 18.1. The molecule has 0 aromatic heterocycles. The zero-order chi connectivity index (χ0) is 34.7. The smallest absolute Gasteiger partial charge is 0.0683 e. The summed E-state index contributed by atoms with van der Waals surface area (Å²) in [5.41, 5.74) is 10.3. The molecule has 0 radical (unpaired) electrons. The molecule has 4 rings (SSSR count). The minimum atomic E-state index is -0.407. The van der Waals surface area contributed by atoms with Gasteiger partial charge in [-0.3, -0.25) is 0 Å². The van der Waals surface area contributed by atoms with Crippen LogP contribution in [0, 0.1) is 0 Å². The predicted octanol–water partition coefficient (Wildman–Crippen LogP) is 14.7. The molecule has 0 aliphatic heterocycles. The average molecular weight is 609 g/mol. The molecule has 0 saturated carbocycles. The molecule has 45 heavy (non-hydrogen) atoms. The monoisotopic (exact) mass is 609 g/mol. The molecule has 0 nitrogen and oxygen atoms in total. The lowest BCUT2D eigenvalue weighted by Gasteiger charge is -2.37. The Balaban J connectivity index is 0.00000224. The lowest BCUT2D eigenvalue weighted by Crippen LogP contribution is -2.31. The van der Waals surface area contributed by atoms with E-state index in [4.69, 9.17) is 0 Å². The first-order chi connectivity index (χ1) is 21.6. The van der Waals surface area contributed by atoms with Crippen LogP contribution in [0.3, 0.4) is 0 Å².